The molecular formula is C60H47N. The lowest BCUT2D eigenvalue weighted by Crippen LogP contribution is -2.17. The van der Waals surface area contributed by atoms with Crippen LogP contribution in [0.3, 0.4) is 0 Å². The molecule has 0 saturated carbocycles. The van der Waals surface area contributed by atoms with Crippen LogP contribution in [0.5, 0.6) is 0 Å². The molecule has 0 atom stereocenters. The van der Waals surface area contributed by atoms with Crippen molar-refractivity contribution in [3.8, 4) is 66.8 Å². The van der Waals surface area contributed by atoms with Gasteiger partial charge in [0.15, 0.2) is 0 Å². The summed E-state index contributed by atoms with van der Waals surface area (Å²) < 4.78 is 0. The predicted molar refractivity (Wildman–Crippen MR) is 258 cm³/mol. The summed E-state index contributed by atoms with van der Waals surface area (Å²) in [6, 6.07) is 78.4. The van der Waals surface area contributed by atoms with Gasteiger partial charge in [-0.05, 0) is 125 Å². The number of anilines is 3. The lowest BCUT2D eigenvalue weighted by atomic mass is 9.79. The lowest BCUT2D eigenvalue weighted by molar-refractivity contribution is 0.660. The molecule has 0 N–H and O–H groups in total. The molecule has 292 valence electrons. The first-order valence-corrected chi connectivity index (χ1v) is 21.5. The fourth-order valence-corrected chi connectivity index (χ4v) is 10.4. The maximum absolute atomic E-state index is 2.45. The van der Waals surface area contributed by atoms with E-state index in [-0.39, 0.29) is 10.8 Å². The Balaban J connectivity index is 1.02. The highest BCUT2D eigenvalue weighted by atomic mass is 15.1. The molecule has 0 fully saturated rings. The van der Waals surface area contributed by atoms with Crippen molar-refractivity contribution in [2.24, 2.45) is 0 Å². The molecule has 61 heavy (non-hydrogen) atoms. The topological polar surface area (TPSA) is 3.24 Å². The molecule has 0 spiro atoms. The summed E-state index contributed by atoms with van der Waals surface area (Å²) in [5.74, 6) is 0. The Hall–Kier alpha value is -7.22. The molecule has 9 aromatic rings. The molecular weight excluding hydrogens is 735 g/mol. The second-order valence-electron chi connectivity index (χ2n) is 17.7. The Bertz CT molecular complexity index is 3110. The van der Waals surface area contributed by atoms with E-state index in [1.165, 1.54) is 89.0 Å². The summed E-state index contributed by atoms with van der Waals surface area (Å²) in [4.78, 5) is 2.45. The fourth-order valence-electron chi connectivity index (χ4n) is 10.4. The first kappa shape index (κ1) is 36.8. The molecule has 0 saturated heterocycles. The van der Waals surface area contributed by atoms with Gasteiger partial charge < -0.3 is 4.90 Å². The average molecular weight is 782 g/mol. The van der Waals surface area contributed by atoms with E-state index in [0.29, 0.717) is 0 Å². The maximum Gasteiger partial charge on any atom is 0.0467 e. The molecule has 0 aromatic heterocycles. The van der Waals surface area contributed by atoms with E-state index >= 15 is 0 Å². The first-order valence-electron chi connectivity index (χ1n) is 21.5. The van der Waals surface area contributed by atoms with Gasteiger partial charge in [0.25, 0.3) is 0 Å². The van der Waals surface area contributed by atoms with Gasteiger partial charge in [0.05, 0.1) is 0 Å². The molecule has 1 nitrogen and oxygen atoms in total. The average Bonchev–Trinajstić information content (AvgIpc) is 3.69. The Morgan fingerprint density at radius 1 is 0.262 bits per heavy atom. The number of hydrogen-bond acceptors (Lipinski definition) is 1. The molecule has 0 unspecified atom stereocenters. The van der Waals surface area contributed by atoms with Crippen LogP contribution in [-0.4, -0.2) is 0 Å². The van der Waals surface area contributed by atoms with Gasteiger partial charge in [0, 0.05) is 27.9 Å². The van der Waals surface area contributed by atoms with Crippen LogP contribution in [0.4, 0.5) is 17.1 Å². The van der Waals surface area contributed by atoms with Crippen LogP contribution in [-0.2, 0) is 10.8 Å². The zero-order chi connectivity index (χ0) is 41.3. The van der Waals surface area contributed by atoms with Crippen LogP contribution in [0, 0.1) is 0 Å². The Labute approximate surface area is 360 Å². The van der Waals surface area contributed by atoms with Crippen molar-refractivity contribution in [3.05, 3.63) is 235 Å². The van der Waals surface area contributed by atoms with Crippen LogP contribution in [0.15, 0.2) is 212 Å². The zero-order valence-electron chi connectivity index (χ0n) is 35.2. The van der Waals surface area contributed by atoms with E-state index in [1.807, 2.05) is 0 Å². The van der Waals surface area contributed by atoms with Crippen LogP contribution < -0.4 is 4.90 Å². The van der Waals surface area contributed by atoms with Crippen LogP contribution in [0.2, 0.25) is 0 Å². The van der Waals surface area contributed by atoms with Crippen LogP contribution in [0.1, 0.15) is 49.9 Å². The molecule has 2 aliphatic carbocycles. The maximum atomic E-state index is 2.45. The second kappa shape index (κ2) is 14.2. The molecule has 0 radical (unpaired) electrons. The van der Waals surface area contributed by atoms with Gasteiger partial charge >= 0.3 is 0 Å². The third-order valence-electron chi connectivity index (χ3n) is 13.5. The van der Waals surface area contributed by atoms with Gasteiger partial charge in [-0.15, -0.1) is 0 Å². The molecule has 0 bridgehead atoms. The number of hydrogen-bond donors (Lipinski definition) is 0. The number of rotatable bonds is 7. The van der Waals surface area contributed by atoms with Crippen molar-refractivity contribution in [1.82, 2.24) is 0 Å². The summed E-state index contributed by atoms with van der Waals surface area (Å²) in [5.41, 5.74) is 23.8. The zero-order valence-corrected chi connectivity index (χ0v) is 35.2. The SMILES string of the molecule is CC1(C)c2ccccc2-c2ccc(N(c3ccc(-c4ccccc4-c4ccc(-c5ccccc5)cc4)cc3)c3cccc(-c4cccc5c4C(C)(C)c4ccccc4-5)c3)cc21. The molecule has 1 heteroatoms. The Morgan fingerprint density at radius 3 is 1.39 bits per heavy atom. The number of nitrogens with zero attached hydrogens (tertiary/aromatic N) is 1. The number of benzene rings is 9. The van der Waals surface area contributed by atoms with Crippen molar-refractivity contribution < 1.29 is 0 Å². The molecule has 0 heterocycles. The summed E-state index contributed by atoms with van der Waals surface area (Å²) in [6.07, 6.45) is 0. The van der Waals surface area contributed by atoms with Crippen LogP contribution in [0.25, 0.3) is 66.8 Å². The highest BCUT2D eigenvalue weighted by Gasteiger charge is 2.38. The molecule has 0 amide bonds. The largest absolute Gasteiger partial charge is 0.310 e. The van der Waals surface area contributed by atoms with E-state index in [1.54, 1.807) is 0 Å². The Morgan fingerprint density at radius 2 is 0.705 bits per heavy atom. The van der Waals surface area contributed by atoms with Gasteiger partial charge in [-0.2, -0.15) is 0 Å². The Kier molecular flexibility index (Phi) is 8.58. The lowest BCUT2D eigenvalue weighted by Gasteiger charge is -2.29. The van der Waals surface area contributed by atoms with E-state index in [4.69, 9.17) is 0 Å². The molecule has 2 aliphatic rings. The van der Waals surface area contributed by atoms with Crippen molar-refractivity contribution in [2.75, 3.05) is 4.90 Å². The van der Waals surface area contributed by atoms with E-state index in [9.17, 15) is 0 Å². The van der Waals surface area contributed by atoms with Crippen molar-refractivity contribution >= 4 is 17.1 Å². The van der Waals surface area contributed by atoms with Gasteiger partial charge in [0.1, 0.15) is 0 Å². The van der Waals surface area contributed by atoms with Gasteiger partial charge in [-0.3, -0.25) is 0 Å². The fraction of sp³-hybridized carbons (Fsp3) is 0.100. The first-order chi connectivity index (χ1) is 29.8. The monoisotopic (exact) mass is 781 g/mol. The summed E-state index contributed by atoms with van der Waals surface area (Å²) in [5, 5.41) is 0. The highest BCUT2D eigenvalue weighted by Crippen LogP contribution is 2.53. The third kappa shape index (κ3) is 5.99. The molecule has 11 rings (SSSR count). The summed E-state index contributed by atoms with van der Waals surface area (Å²) in [6.45, 7) is 9.48. The van der Waals surface area contributed by atoms with Gasteiger partial charge in [-0.25, -0.2) is 0 Å². The molecule has 0 aliphatic heterocycles. The van der Waals surface area contributed by atoms with Crippen molar-refractivity contribution in [3.63, 3.8) is 0 Å². The minimum atomic E-state index is -0.118. The van der Waals surface area contributed by atoms with Crippen molar-refractivity contribution in [1.29, 1.82) is 0 Å². The quantitative estimate of drug-likeness (QED) is 0.156. The minimum Gasteiger partial charge on any atom is -0.310 e. The molecule has 9 aromatic carbocycles. The smallest absolute Gasteiger partial charge is 0.0467 e. The standard InChI is InChI=1S/C60H47N/c1-59(2)55-26-12-10-22-51(55)53-37-36-47(39-57(53)59)61(46-19-14-18-44(38-46)50-24-15-25-54-52-23-11-13-27-56(52)60(3,4)58(50)54)45-34-32-43(33-35-45)49-21-9-8-20-48(49)42-30-28-41(29-31-42)40-16-6-5-7-17-40/h5-39H,1-4H3. The minimum absolute atomic E-state index is 0.116. The van der Waals surface area contributed by atoms with E-state index in [2.05, 4.69) is 245 Å². The third-order valence-corrected chi connectivity index (χ3v) is 13.5. The number of fused-ring (bicyclic) bond motifs is 6. The highest BCUT2D eigenvalue weighted by molar-refractivity contribution is 5.91. The van der Waals surface area contributed by atoms with Crippen LogP contribution >= 0.6 is 0 Å². The van der Waals surface area contributed by atoms with Gasteiger partial charge in [-0.1, -0.05) is 204 Å². The van der Waals surface area contributed by atoms with E-state index in [0.717, 1.165) is 17.1 Å². The second-order valence-corrected chi connectivity index (χ2v) is 17.7. The summed E-state index contributed by atoms with van der Waals surface area (Å²) in [7, 11) is 0. The van der Waals surface area contributed by atoms with E-state index < -0.39 is 0 Å². The van der Waals surface area contributed by atoms with Crippen molar-refractivity contribution in [2.45, 2.75) is 38.5 Å². The normalized spacial score (nSPS) is 13.8. The van der Waals surface area contributed by atoms with Gasteiger partial charge in [0.2, 0.25) is 0 Å². The summed E-state index contributed by atoms with van der Waals surface area (Å²) >= 11 is 0. The predicted octanol–water partition coefficient (Wildman–Crippen LogP) is 16.4.